The van der Waals surface area contributed by atoms with Crippen molar-refractivity contribution in [3.8, 4) is 5.75 Å². The minimum absolute atomic E-state index is 0.0732. The summed E-state index contributed by atoms with van der Waals surface area (Å²) in [5, 5.41) is 0.751. The molecule has 2 aliphatic heterocycles. The van der Waals surface area contributed by atoms with Crippen molar-refractivity contribution in [3.63, 3.8) is 0 Å². The lowest BCUT2D eigenvalue weighted by Gasteiger charge is -2.30. The number of rotatable bonds is 4. The number of anilines is 1. The van der Waals surface area contributed by atoms with Crippen LogP contribution < -0.4 is 9.64 Å². The molecule has 1 aromatic heterocycles. The van der Waals surface area contributed by atoms with E-state index in [1.807, 2.05) is 53.4 Å². The molecular formula is C22H22N2O3S. The Morgan fingerprint density at radius 1 is 1.18 bits per heavy atom. The first-order chi connectivity index (χ1) is 13.8. The van der Waals surface area contributed by atoms with Gasteiger partial charge in [0.05, 0.1) is 28.8 Å². The van der Waals surface area contributed by atoms with Crippen LogP contribution in [0.5, 0.6) is 5.75 Å². The zero-order chi connectivity index (χ0) is 18.9. The van der Waals surface area contributed by atoms with Gasteiger partial charge in [-0.2, -0.15) is 0 Å². The van der Waals surface area contributed by atoms with Gasteiger partial charge in [0.1, 0.15) is 12.4 Å². The van der Waals surface area contributed by atoms with Gasteiger partial charge in [0.25, 0.3) is 0 Å². The largest absolute Gasteiger partial charge is 0.492 e. The van der Waals surface area contributed by atoms with Gasteiger partial charge in [0, 0.05) is 6.61 Å². The average Bonchev–Trinajstić information content (AvgIpc) is 3.40. The maximum absolute atomic E-state index is 13.5. The number of hydrogen-bond donors (Lipinski definition) is 0. The first-order valence-electron chi connectivity index (χ1n) is 9.77. The highest BCUT2D eigenvalue weighted by Gasteiger charge is 2.33. The number of fused-ring (bicyclic) bond motifs is 2. The standard InChI is InChI=1S/C22H22N2O3S/c25-21(16-12-15-6-1-3-9-19(15)27-14-16)24(13-17-7-5-11-26-17)22-23-18-8-2-4-10-20(18)28-22/h1-4,6,8-10,16-17H,5,7,11-14H2. The molecule has 1 saturated heterocycles. The lowest BCUT2D eigenvalue weighted by molar-refractivity contribution is -0.124. The second kappa shape index (κ2) is 7.53. The van der Waals surface area contributed by atoms with Gasteiger partial charge in [-0.25, -0.2) is 4.98 Å². The van der Waals surface area contributed by atoms with Crippen LogP contribution in [0.3, 0.4) is 0 Å². The molecule has 0 saturated carbocycles. The Kier molecular flexibility index (Phi) is 4.74. The van der Waals surface area contributed by atoms with Gasteiger partial charge in [0.2, 0.25) is 5.91 Å². The van der Waals surface area contributed by atoms with E-state index in [0.29, 0.717) is 19.6 Å². The lowest BCUT2D eigenvalue weighted by Crippen LogP contribution is -2.44. The van der Waals surface area contributed by atoms with Crippen molar-refractivity contribution in [1.82, 2.24) is 4.98 Å². The molecular weight excluding hydrogens is 372 g/mol. The molecule has 0 bridgehead atoms. The quantitative estimate of drug-likeness (QED) is 0.670. The third kappa shape index (κ3) is 3.38. The van der Waals surface area contributed by atoms with Gasteiger partial charge in [-0.05, 0) is 43.0 Å². The molecule has 144 valence electrons. The maximum atomic E-state index is 13.5. The average molecular weight is 394 g/mol. The highest BCUT2D eigenvalue weighted by atomic mass is 32.1. The van der Waals surface area contributed by atoms with E-state index in [0.717, 1.165) is 46.1 Å². The van der Waals surface area contributed by atoms with E-state index in [1.165, 1.54) is 0 Å². The van der Waals surface area contributed by atoms with Crippen molar-refractivity contribution < 1.29 is 14.3 Å². The molecule has 6 heteroatoms. The zero-order valence-corrected chi connectivity index (χ0v) is 16.4. The fourth-order valence-electron chi connectivity index (χ4n) is 3.94. The molecule has 2 unspecified atom stereocenters. The van der Waals surface area contributed by atoms with Gasteiger partial charge >= 0.3 is 0 Å². The van der Waals surface area contributed by atoms with Crippen LogP contribution in [0, 0.1) is 5.92 Å². The Morgan fingerprint density at radius 2 is 2.04 bits per heavy atom. The number of aromatic nitrogens is 1. The molecule has 2 atom stereocenters. The molecule has 0 N–H and O–H groups in total. The molecule has 5 rings (SSSR count). The Morgan fingerprint density at radius 3 is 2.89 bits per heavy atom. The summed E-state index contributed by atoms with van der Waals surface area (Å²) in [4.78, 5) is 20.1. The normalized spacial score (nSPS) is 21.3. The molecule has 3 aromatic rings. The Bertz CT molecular complexity index is 963. The van der Waals surface area contributed by atoms with Crippen LogP contribution in [0.2, 0.25) is 0 Å². The molecule has 3 heterocycles. The number of nitrogens with zero attached hydrogens (tertiary/aromatic N) is 2. The van der Waals surface area contributed by atoms with Crippen LogP contribution in [-0.2, 0) is 16.0 Å². The Labute approximate surface area is 167 Å². The summed E-state index contributed by atoms with van der Waals surface area (Å²) in [6.07, 6.45) is 2.81. The van der Waals surface area contributed by atoms with E-state index in [2.05, 4.69) is 0 Å². The fraction of sp³-hybridized carbons (Fsp3) is 0.364. The summed E-state index contributed by atoms with van der Waals surface area (Å²) in [6, 6.07) is 16.0. The molecule has 28 heavy (non-hydrogen) atoms. The summed E-state index contributed by atoms with van der Waals surface area (Å²) < 4.78 is 12.8. The number of carbonyl (C=O) groups excluding carboxylic acids is 1. The SMILES string of the molecule is O=C(C1COc2ccccc2C1)N(CC1CCCO1)c1nc2ccccc2s1. The molecule has 1 amide bonds. The summed E-state index contributed by atoms with van der Waals surface area (Å²) in [7, 11) is 0. The number of amides is 1. The number of carbonyl (C=O) groups is 1. The summed E-state index contributed by atoms with van der Waals surface area (Å²) >= 11 is 1.56. The van der Waals surface area contributed by atoms with Crippen LogP contribution in [0.4, 0.5) is 5.13 Å². The molecule has 0 spiro atoms. The van der Waals surface area contributed by atoms with Crippen LogP contribution in [-0.4, -0.2) is 36.8 Å². The Hall–Kier alpha value is -2.44. The van der Waals surface area contributed by atoms with E-state index in [9.17, 15) is 4.79 Å². The van der Waals surface area contributed by atoms with Crippen LogP contribution in [0.15, 0.2) is 48.5 Å². The minimum atomic E-state index is -0.205. The summed E-state index contributed by atoms with van der Waals surface area (Å²) in [5.74, 6) is 0.754. The molecule has 1 fully saturated rings. The van der Waals surface area contributed by atoms with E-state index < -0.39 is 0 Å². The highest BCUT2D eigenvalue weighted by Crippen LogP contribution is 2.33. The third-order valence-electron chi connectivity index (χ3n) is 5.42. The van der Waals surface area contributed by atoms with Gasteiger partial charge in [-0.3, -0.25) is 9.69 Å². The van der Waals surface area contributed by atoms with E-state index in [4.69, 9.17) is 14.5 Å². The van der Waals surface area contributed by atoms with E-state index in [1.54, 1.807) is 11.3 Å². The third-order valence-corrected chi connectivity index (χ3v) is 6.48. The monoisotopic (exact) mass is 394 g/mol. The summed E-state index contributed by atoms with van der Waals surface area (Å²) in [5.41, 5.74) is 2.02. The zero-order valence-electron chi connectivity index (χ0n) is 15.5. The molecule has 2 aliphatic rings. The summed E-state index contributed by atoms with van der Waals surface area (Å²) in [6.45, 7) is 1.73. The number of hydrogen-bond acceptors (Lipinski definition) is 5. The topological polar surface area (TPSA) is 51.7 Å². The van der Waals surface area contributed by atoms with Crippen molar-refractivity contribution >= 4 is 32.6 Å². The van der Waals surface area contributed by atoms with Gasteiger partial charge in [-0.1, -0.05) is 41.7 Å². The fourth-order valence-corrected chi connectivity index (χ4v) is 4.92. The van der Waals surface area contributed by atoms with Crippen LogP contribution >= 0.6 is 11.3 Å². The van der Waals surface area contributed by atoms with Crippen molar-refractivity contribution in [2.75, 3.05) is 24.7 Å². The van der Waals surface area contributed by atoms with Crippen molar-refractivity contribution in [2.45, 2.75) is 25.4 Å². The van der Waals surface area contributed by atoms with E-state index in [-0.39, 0.29) is 17.9 Å². The van der Waals surface area contributed by atoms with Gasteiger partial charge in [-0.15, -0.1) is 0 Å². The Balaban J connectivity index is 1.44. The van der Waals surface area contributed by atoms with E-state index >= 15 is 0 Å². The highest BCUT2D eigenvalue weighted by molar-refractivity contribution is 7.22. The number of para-hydroxylation sites is 2. The smallest absolute Gasteiger partial charge is 0.235 e. The van der Waals surface area contributed by atoms with Crippen molar-refractivity contribution in [3.05, 3.63) is 54.1 Å². The second-order valence-electron chi connectivity index (χ2n) is 7.37. The predicted molar refractivity (Wildman–Crippen MR) is 110 cm³/mol. The molecule has 0 radical (unpaired) electrons. The minimum Gasteiger partial charge on any atom is -0.492 e. The van der Waals surface area contributed by atoms with Gasteiger partial charge < -0.3 is 9.47 Å². The van der Waals surface area contributed by atoms with Crippen LogP contribution in [0.1, 0.15) is 18.4 Å². The van der Waals surface area contributed by atoms with Crippen molar-refractivity contribution in [1.29, 1.82) is 0 Å². The first-order valence-corrected chi connectivity index (χ1v) is 10.6. The second-order valence-corrected chi connectivity index (χ2v) is 8.38. The molecule has 5 nitrogen and oxygen atoms in total. The molecule has 2 aromatic carbocycles. The van der Waals surface area contributed by atoms with Crippen molar-refractivity contribution in [2.24, 2.45) is 5.92 Å². The van der Waals surface area contributed by atoms with Gasteiger partial charge in [0.15, 0.2) is 5.13 Å². The number of ether oxygens (including phenoxy) is 2. The maximum Gasteiger partial charge on any atom is 0.235 e. The first kappa shape index (κ1) is 17.6. The lowest BCUT2D eigenvalue weighted by atomic mass is 9.95. The predicted octanol–water partition coefficient (Wildman–Crippen LogP) is 4.06. The van der Waals surface area contributed by atoms with Crippen LogP contribution in [0.25, 0.3) is 10.2 Å². The number of benzene rings is 2. The molecule has 0 aliphatic carbocycles. The number of thiazole rings is 1.